The van der Waals surface area contributed by atoms with Crippen molar-refractivity contribution in [1.29, 1.82) is 0 Å². The van der Waals surface area contributed by atoms with Crippen LogP contribution in [-0.4, -0.2) is 33.8 Å². The number of H-pyrrole nitrogens is 2. The number of nitrogens with one attached hydrogen (secondary N) is 2. The summed E-state index contributed by atoms with van der Waals surface area (Å²) < 4.78 is 5.59. The molecule has 0 bridgehead atoms. The fourth-order valence-electron chi connectivity index (χ4n) is 2.01. The van der Waals surface area contributed by atoms with Gasteiger partial charge in [-0.3, -0.25) is 0 Å². The number of rotatable bonds is 4. The van der Waals surface area contributed by atoms with E-state index in [1.807, 2.05) is 20.8 Å². The van der Waals surface area contributed by atoms with Crippen molar-refractivity contribution in [3.05, 3.63) is 28.7 Å². The van der Waals surface area contributed by atoms with Crippen molar-refractivity contribution in [3.63, 3.8) is 0 Å². The molecule has 110 valence electrons. The Morgan fingerprint density at radius 1 is 1.35 bits per heavy atom. The van der Waals surface area contributed by atoms with E-state index in [4.69, 9.17) is 10.5 Å². The number of fused-ring (bicyclic) bond motifs is 1. The maximum absolute atomic E-state index is 11.3. The van der Waals surface area contributed by atoms with Gasteiger partial charge in [-0.15, -0.1) is 0 Å². The lowest BCUT2D eigenvalue weighted by atomic mass is 9.84. The quantitative estimate of drug-likeness (QED) is 0.669. The van der Waals surface area contributed by atoms with Crippen molar-refractivity contribution < 1.29 is 9.84 Å². The molecule has 6 nitrogen and oxygen atoms in total. The summed E-state index contributed by atoms with van der Waals surface area (Å²) in [5, 5.41) is 10.1. The van der Waals surface area contributed by atoms with Crippen molar-refractivity contribution in [2.45, 2.75) is 32.9 Å². The summed E-state index contributed by atoms with van der Waals surface area (Å²) in [6, 6.07) is 4.89. The number of para-hydroxylation sites is 1. The monoisotopic (exact) mass is 279 g/mol. The molecule has 1 aromatic heterocycles. The molecule has 1 aromatic carbocycles. The van der Waals surface area contributed by atoms with E-state index in [1.165, 1.54) is 0 Å². The van der Waals surface area contributed by atoms with Crippen LogP contribution in [0.2, 0.25) is 0 Å². The second kappa shape index (κ2) is 5.30. The van der Waals surface area contributed by atoms with Crippen molar-refractivity contribution in [3.8, 4) is 5.75 Å². The largest absolute Gasteiger partial charge is 0.489 e. The van der Waals surface area contributed by atoms with Gasteiger partial charge in [-0.25, -0.2) is 4.79 Å². The van der Waals surface area contributed by atoms with E-state index >= 15 is 0 Å². The number of aliphatic hydroxyl groups excluding tert-OH is 1. The Hall–Kier alpha value is -1.79. The van der Waals surface area contributed by atoms with E-state index in [0.29, 0.717) is 16.8 Å². The SMILES string of the molecule is CC(C)(C)C(N)C(O)COc1cccc2[nH]c(=O)[nH]c12. The number of aromatic amines is 2. The van der Waals surface area contributed by atoms with Gasteiger partial charge in [0.2, 0.25) is 0 Å². The van der Waals surface area contributed by atoms with Crippen molar-refractivity contribution >= 4 is 11.0 Å². The molecule has 2 atom stereocenters. The minimum atomic E-state index is -0.782. The van der Waals surface area contributed by atoms with Gasteiger partial charge in [0.25, 0.3) is 0 Å². The highest BCUT2D eigenvalue weighted by Gasteiger charge is 2.28. The highest BCUT2D eigenvalue weighted by Crippen LogP contribution is 2.23. The van der Waals surface area contributed by atoms with E-state index in [9.17, 15) is 9.90 Å². The number of ether oxygens (including phenoxy) is 1. The standard InChI is InChI=1S/C14H21N3O3/c1-14(2,3)12(15)9(18)7-20-10-6-4-5-8-11(10)17-13(19)16-8/h4-6,9,12,18H,7,15H2,1-3H3,(H2,16,17,19). The molecule has 0 amide bonds. The van der Waals surface area contributed by atoms with Crippen LogP contribution in [0.25, 0.3) is 11.0 Å². The molecule has 1 heterocycles. The number of aliphatic hydroxyl groups is 1. The zero-order chi connectivity index (χ0) is 14.9. The Kier molecular flexibility index (Phi) is 3.87. The van der Waals surface area contributed by atoms with Crippen molar-refractivity contribution in [1.82, 2.24) is 9.97 Å². The summed E-state index contributed by atoms with van der Waals surface area (Å²) in [6.45, 7) is 5.96. The van der Waals surface area contributed by atoms with Crippen LogP contribution in [0, 0.1) is 5.41 Å². The van der Waals surface area contributed by atoms with Gasteiger partial charge in [0, 0.05) is 6.04 Å². The molecule has 0 fully saturated rings. The molecule has 0 saturated heterocycles. The van der Waals surface area contributed by atoms with E-state index in [0.717, 1.165) is 0 Å². The smallest absolute Gasteiger partial charge is 0.323 e. The molecule has 2 rings (SSSR count). The average molecular weight is 279 g/mol. The number of aromatic nitrogens is 2. The maximum Gasteiger partial charge on any atom is 0.323 e. The zero-order valence-electron chi connectivity index (χ0n) is 11.9. The molecular formula is C14H21N3O3. The van der Waals surface area contributed by atoms with E-state index in [-0.39, 0.29) is 17.7 Å². The molecule has 20 heavy (non-hydrogen) atoms. The van der Waals surface area contributed by atoms with E-state index in [2.05, 4.69) is 9.97 Å². The number of benzene rings is 1. The fraction of sp³-hybridized carbons (Fsp3) is 0.500. The van der Waals surface area contributed by atoms with Crippen molar-refractivity contribution in [2.75, 3.05) is 6.61 Å². The first kappa shape index (κ1) is 14.6. The summed E-state index contributed by atoms with van der Waals surface area (Å²) in [7, 11) is 0. The molecule has 5 N–H and O–H groups in total. The summed E-state index contributed by atoms with van der Waals surface area (Å²) in [4.78, 5) is 16.6. The first-order valence-corrected chi connectivity index (χ1v) is 6.56. The lowest BCUT2D eigenvalue weighted by Crippen LogP contribution is -2.47. The number of hydrogen-bond donors (Lipinski definition) is 4. The third-order valence-corrected chi connectivity index (χ3v) is 3.34. The normalized spacial score (nSPS) is 15.2. The molecular weight excluding hydrogens is 258 g/mol. The van der Waals surface area contributed by atoms with Gasteiger partial charge < -0.3 is 25.5 Å². The van der Waals surface area contributed by atoms with Crippen LogP contribution in [0.3, 0.4) is 0 Å². The highest BCUT2D eigenvalue weighted by atomic mass is 16.5. The van der Waals surface area contributed by atoms with Crippen LogP contribution < -0.4 is 16.2 Å². The Balaban J connectivity index is 2.12. The first-order valence-electron chi connectivity index (χ1n) is 6.56. The zero-order valence-corrected chi connectivity index (χ0v) is 11.9. The Labute approximate surface area is 117 Å². The topological polar surface area (TPSA) is 104 Å². The number of nitrogens with two attached hydrogens (primary N) is 1. The molecule has 2 unspecified atom stereocenters. The van der Waals surface area contributed by atoms with Gasteiger partial charge in [-0.2, -0.15) is 0 Å². The van der Waals surface area contributed by atoms with Crippen LogP contribution in [0.4, 0.5) is 0 Å². The van der Waals surface area contributed by atoms with Gasteiger partial charge in [0.05, 0.1) is 5.52 Å². The summed E-state index contributed by atoms with van der Waals surface area (Å²) >= 11 is 0. The highest BCUT2D eigenvalue weighted by molar-refractivity contribution is 5.80. The van der Waals surface area contributed by atoms with Gasteiger partial charge >= 0.3 is 5.69 Å². The molecule has 0 aliphatic rings. The van der Waals surface area contributed by atoms with E-state index in [1.54, 1.807) is 18.2 Å². The Morgan fingerprint density at radius 2 is 2.05 bits per heavy atom. The summed E-state index contributed by atoms with van der Waals surface area (Å²) in [6.07, 6.45) is -0.782. The molecule has 0 aliphatic carbocycles. The summed E-state index contributed by atoms with van der Waals surface area (Å²) in [5.41, 5.74) is 6.74. The minimum absolute atomic E-state index is 0.0742. The van der Waals surface area contributed by atoms with Gasteiger partial charge in [0.15, 0.2) is 0 Å². The first-order chi connectivity index (χ1) is 9.29. The molecule has 0 radical (unpaired) electrons. The van der Waals surface area contributed by atoms with Crippen LogP contribution in [0.1, 0.15) is 20.8 Å². The minimum Gasteiger partial charge on any atom is -0.489 e. The Bertz CT molecular complexity index is 639. The predicted octanol–water partition coefficient (Wildman–Crippen LogP) is 0.969. The average Bonchev–Trinajstić information content (AvgIpc) is 2.74. The predicted molar refractivity (Wildman–Crippen MR) is 77.9 cm³/mol. The molecule has 0 spiro atoms. The molecule has 0 aliphatic heterocycles. The second-order valence-electron chi connectivity index (χ2n) is 6.03. The third kappa shape index (κ3) is 3.02. The summed E-state index contributed by atoms with van der Waals surface area (Å²) in [5.74, 6) is 0.515. The van der Waals surface area contributed by atoms with Gasteiger partial charge in [-0.05, 0) is 17.5 Å². The fourth-order valence-corrected chi connectivity index (χ4v) is 2.01. The van der Waals surface area contributed by atoms with Crippen LogP contribution in [-0.2, 0) is 0 Å². The number of hydrogen-bond acceptors (Lipinski definition) is 4. The van der Waals surface area contributed by atoms with Gasteiger partial charge in [-0.1, -0.05) is 26.8 Å². The van der Waals surface area contributed by atoms with Crippen LogP contribution in [0.5, 0.6) is 5.75 Å². The lowest BCUT2D eigenvalue weighted by molar-refractivity contribution is 0.0500. The van der Waals surface area contributed by atoms with Crippen LogP contribution in [0.15, 0.2) is 23.0 Å². The van der Waals surface area contributed by atoms with Crippen LogP contribution >= 0.6 is 0 Å². The third-order valence-electron chi connectivity index (χ3n) is 3.34. The van der Waals surface area contributed by atoms with Crippen molar-refractivity contribution in [2.24, 2.45) is 11.1 Å². The second-order valence-corrected chi connectivity index (χ2v) is 6.03. The number of imidazole rings is 1. The van der Waals surface area contributed by atoms with E-state index < -0.39 is 12.1 Å². The lowest BCUT2D eigenvalue weighted by Gasteiger charge is -2.31. The Morgan fingerprint density at radius 3 is 2.70 bits per heavy atom. The van der Waals surface area contributed by atoms with Gasteiger partial charge in [0.1, 0.15) is 24.0 Å². The molecule has 0 saturated carbocycles. The molecule has 2 aromatic rings. The maximum atomic E-state index is 11.3. The molecule has 6 heteroatoms.